The van der Waals surface area contributed by atoms with Gasteiger partial charge in [-0.3, -0.25) is 14.5 Å². The highest BCUT2D eigenvalue weighted by Gasteiger charge is 2.46. The van der Waals surface area contributed by atoms with Gasteiger partial charge in [-0.15, -0.1) is 0 Å². The fourth-order valence-corrected chi connectivity index (χ4v) is 3.53. The second-order valence-corrected chi connectivity index (χ2v) is 6.86. The standard InChI is InChI=1S/C23H16ClNO3/c24-17-13-11-16(12-14-17)21(26)19-20(15-7-3-1-4-8-15)25(23(28)22(19)27)18-9-5-2-6-10-18/h1-14,20,26H/t20-/m0/s1. The maximum absolute atomic E-state index is 12.9. The van der Waals surface area contributed by atoms with Crippen molar-refractivity contribution in [2.24, 2.45) is 0 Å². The third-order valence-corrected chi connectivity index (χ3v) is 4.96. The maximum atomic E-state index is 12.9. The molecule has 1 atom stereocenters. The number of ketones is 1. The molecule has 1 aliphatic rings. The van der Waals surface area contributed by atoms with Crippen LogP contribution >= 0.6 is 11.6 Å². The molecule has 0 spiro atoms. The van der Waals surface area contributed by atoms with Crippen molar-refractivity contribution in [1.82, 2.24) is 0 Å². The molecule has 0 unspecified atom stereocenters. The van der Waals surface area contributed by atoms with Gasteiger partial charge < -0.3 is 5.11 Å². The van der Waals surface area contributed by atoms with Crippen molar-refractivity contribution in [3.63, 3.8) is 0 Å². The summed E-state index contributed by atoms with van der Waals surface area (Å²) in [7, 11) is 0. The molecule has 1 aliphatic heterocycles. The lowest BCUT2D eigenvalue weighted by atomic mass is 9.95. The summed E-state index contributed by atoms with van der Waals surface area (Å²) in [4.78, 5) is 27.2. The number of Topliss-reactive ketones (excluding diaryl/α,β-unsaturated/α-hetero) is 1. The number of carbonyl (C=O) groups is 2. The SMILES string of the molecule is O=C1C(=O)N(c2ccccc2)[C@@H](c2ccccc2)C1=C(O)c1ccc(Cl)cc1. The van der Waals surface area contributed by atoms with E-state index in [9.17, 15) is 14.7 Å². The molecule has 4 rings (SSSR count). The molecule has 0 aliphatic carbocycles. The van der Waals surface area contributed by atoms with Gasteiger partial charge in [0, 0.05) is 16.3 Å². The van der Waals surface area contributed by atoms with E-state index >= 15 is 0 Å². The van der Waals surface area contributed by atoms with E-state index in [0.717, 1.165) is 5.56 Å². The highest BCUT2D eigenvalue weighted by atomic mass is 35.5. The number of halogens is 1. The van der Waals surface area contributed by atoms with E-state index in [1.165, 1.54) is 4.90 Å². The number of hydrogen-bond acceptors (Lipinski definition) is 3. The van der Waals surface area contributed by atoms with Crippen LogP contribution in [0, 0.1) is 0 Å². The lowest BCUT2D eigenvalue weighted by molar-refractivity contribution is -0.132. The molecule has 0 bridgehead atoms. The van der Waals surface area contributed by atoms with E-state index in [1.807, 2.05) is 36.4 Å². The number of nitrogens with zero attached hydrogens (tertiary/aromatic N) is 1. The van der Waals surface area contributed by atoms with Crippen molar-refractivity contribution in [3.05, 3.63) is 107 Å². The van der Waals surface area contributed by atoms with Crippen LogP contribution in [0.1, 0.15) is 17.2 Å². The number of benzene rings is 3. The van der Waals surface area contributed by atoms with Crippen molar-refractivity contribution in [1.29, 1.82) is 0 Å². The molecular weight excluding hydrogens is 374 g/mol. The number of carbonyl (C=O) groups excluding carboxylic acids is 2. The van der Waals surface area contributed by atoms with Gasteiger partial charge in [0.1, 0.15) is 5.76 Å². The zero-order valence-corrected chi connectivity index (χ0v) is 15.5. The highest BCUT2D eigenvalue weighted by molar-refractivity contribution is 6.51. The number of para-hydroxylation sites is 1. The highest BCUT2D eigenvalue weighted by Crippen LogP contribution is 2.41. The Kier molecular flexibility index (Phi) is 4.72. The van der Waals surface area contributed by atoms with Gasteiger partial charge in [-0.05, 0) is 42.0 Å². The predicted octanol–water partition coefficient (Wildman–Crippen LogP) is 4.97. The molecule has 1 N–H and O–H groups in total. The molecule has 0 radical (unpaired) electrons. The van der Waals surface area contributed by atoms with Crippen molar-refractivity contribution in [2.45, 2.75) is 6.04 Å². The van der Waals surface area contributed by atoms with Crippen LogP contribution in [-0.4, -0.2) is 16.8 Å². The first-order valence-electron chi connectivity index (χ1n) is 8.75. The van der Waals surface area contributed by atoms with Crippen molar-refractivity contribution in [2.75, 3.05) is 4.90 Å². The summed E-state index contributed by atoms with van der Waals surface area (Å²) in [6.07, 6.45) is 0. The Balaban J connectivity index is 1.94. The minimum atomic E-state index is -0.723. The fraction of sp³-hybridized carbons (Fsp3) is 0.0435. The Bertz CT molecular complexity index is 1060. The Morgan fingerprint density at radius 2 is 1.39 bits per heavy atom. The van der Waals surface area contributed by atoms with Gasteiger partial charge >= 0.3 is 0 Å². The first-order valence-corrected chi connectivity index (χ1v) is 9.12. The quantitative estimate of drug-likeness (QED) is 0.391. The lowest BCUT2D eigenvalue weighted by Gasteiger charge is -2.25. The summed E-state index contributed by atoms with van der Waals surface area (Å²) >= 11 is 5.93. The topological polar surface area (TPSA) is 57.6 Å². The summed E-state index contributed by atoms with van der Waals surface area (Å²) < 4.78 is 0. The zero-order chi connectivity index (χ0) is 19.7. The van der Waals surface area contributed by atoms with E-state index in [4.69, 9.17) is 11.6 Å². The van der Waals surface area contributed by atoms with Crippen molar-refractivity contribution < 1.29 is 14.7 Å². The molecule has 3 aromatic rings. The van der Waals surface area contributed by atoms with Gasteiger partial charge in [0.05, 0.1) is 11.6 Å². The van der Waals surface area contributed by atoms with Gasteiger partial charge in [0.15, 0.2) is 0 Å². The van der Waals surface area contributed by atoms with Gasteiger partial charge in [-0.25, -0.2) is 0 Å². The molecule has 3 aromatic carbocycles. The Labute approximate surface area is 167 Å². The van der Waals surface area contributed by atoms with Gasteiger partial charge in [-0.1, -0.05) is 60.1 Å². The largest absolute Gasteiger partial charge is 0.507 e. The monoisotopic (exact) mass is 389 g/mol. The maximum Gasteiger partial charge on any atom is 0.300 e. The van der Waals surface area contributed by atoms with Crippen LogP contribution in [0.3, 0.4) is 0 Å². The smallest absolute Gasteiger partial charge is 0.300 e. The van der Waals surface area contributed by atoms with Crippen LogP contribution in [0.15, 0.2) is 90.5 Å². The predicted molar refractivity (Wildman–Crippen MR) is 109 cm³/mol. The average Bonchev–Trinajstić information content (AvgIpc) is 3.00. The summed E-state index contributed by atoms with van der Waals surface area (Å²) in [6.45, 7) is 0. The third kappa shape index (κ3) is 3.08. The molecule has 0 aromatic heterocycles. The second-order valence-electron chi connectivity index (χ2n) is 6.42. The van der Waals surface area contributed by atoms with Crippen LogP contribution in [0.5, 0.6) is 0 Å². The van der Waals surface area contributed by atoms with E-state index in [0.29, 0.717) is 16.3 Å². The first-order chi connectivity index (χ1) is 13.6. The van der Waals surface area contributed by atoms with Crippen molar-refractivity contribution in [3.8, 4) is 0 Å². The molecule has 138 valence electrons. The number of aliphatic hydroxyl groups excluding tert-OH is 1. The molecule has 1 saturated heterocycles. The van der Waals surface area contributed by atoms with E-state index < -0.39 is 17.7 Å². The van der Waals surface area contributed by atoms with Gasteiger partial charge in [0.25, 0.3) is 11.7 Å². The lowest BCUT2D eigenvalue weighted by Crippen LogP contribution is -2.29. The second kappa shape index (κ2) is 7.33. The van der Waals surface area contributed by atoms with Crippen LogP contribution in [0.25, 0.3) is 5.76 Å². The van der Waals surface area contributed by atoms with Gasteiger partial charge in [0.2, 0.25) is 0 Å². The molecule has 5 heteroatoms. The summed E-state index contributed by atoms with van der Waals surface area (Å²) in [6, 6.07) is 23.9. The summed E-state index contributed by atoms with van der Waals surface area (Å²) in [5, 5.41) is 11.4. The first kappa shape index (κ1) is 18.0. The van der Waals surface area contributed by atoms with Gasteiger partial charge in [-0.2, -0.15) is 0 Å². The van der Waals surface area contributed by atoms with Crippen LogP contribution < -0.4 is 4.90 Å². The molecule has 0 saturated carbocycles. The number of aliphatic hydroxyl groups is 1. The molecule has 28 heavy (non-hydrogen) atoms. The normalized spacial score (nSPS) is 18.5. The van der Waals surface area contributed by atoms with Crippen molar-refractivity contribution >= 4 is 34.7 Å². The fourth-order valence-electron chi connectivity index (χ4n) is 3.40. The molecule has 1 fully saturated rings. The van der Waals surface area contributed by atoms with Crippen LogP contribution in [0.4, 0.5) is 5.69 Å². The Hall–Kier alpha value is -3.37. The summed E-state index contributed by atoms with van der Waals surface area (Å²) in [5.74, 6) is -1.61. The molecule has 1 heterocycles. The van der Waals surface area contributed by atoms with E-state index in [-0.39, 0.29) is 11.3 Å². The Morgan fingerprint density at radius 3 is 2.00 bits per heavy atom. The number of anilines is 1. The minimum Gasteiger partial charge on any atom is -0.507 e. The minimum absolute atomic E-state index is 0.0578. The van der Waals surface area contributed by atoms with E-state index in [1.54, 1.807) is 48.5 Å². The number of hydrogen-bond donors (Lipinski definition) is 1. The van der Waals surface area contributed by atoms with E-state index in [2.05, 4.69) is 0 Å². The third-order valence-electron chi connectivity index (χ3n) is 4.71. The van der Waals surface area contributed by atoms with Crippen LogP contribution in [0.2, 0.25) is 5.02 Å². The zero-order valence-electron chi connectivity index (χ0n) is 14.7. The average molecular weight is 390 g/mol. The number of amides is 1. The Morgan fingerprint density at radius 1 is 0.821 bits per heavy atom. The summed E-state index contributed by atoms with van der Waals surface area (Å²) in [5.41, 5.74) is 1.81. The molecule has 4 nitrogen and oxygen atoms in total. The molecule has 1 amide bonds. The van der Waals surface area contributed by atoms with Crippen LogP contribution in [-0.2, 0) is 9.59 Å². The molecular formula is C23H16ClNO3. The number of rotatable bonds is 3.